The SMILES string of the molecule is COc1ccc2ccc3c(c2c1)-c1ccsc1C(=O)C3=O. The molecular weight excluding hydrogens is 284 g/mol. The van der Waals surface area contributed by atoms with Crippen LogP contribution in [0.15, 0.2) is 41.8 Å². The second-order valence-corrected chi connectivity index (χ2v) is 5.81. The molecule has 1 aromatic heterocycles. The lowest BCUT2D eigenvalue weighted by Gasteiger charge is -2.17. The van der Waals surface area contributed by atoms with Crippen LogP contribution in [0.4, 0.5) is 0 Å². The van der Waals surface area contributed by atoms with Gasteiger partial charge in [0.2, 0.25) is 11.6 Å². The van der Waals surface area contributed by atoms with E-state index in [4.69, 9.17) is 4.74 Å². The smallest absolute Gasteiger partial charge is 0.244 e. The fourth-order valence-corrected chi connectivity index (χ4v) is 3.65. The van der Waals surface area contributed by atoms with Gasteiger partial charge < -0.3 is 4.74 Å². The molecule has 102 valence electrons. The van der Waals surface area contributed by atoms with E-state index in [0.717, 1.165) is 27.6 Å². The molecule has 0 unspecified atom stereocenters. The van der Waals surface area contributed by atoms with E-state index < -0.39 is 11.6 Å². The number of benzene rings is 2. The molecule has 0 spiro atoms. The van der Waals surface area contributed by atoms with E-state index in [-0.39, 0.29) is 0 Å². The van der Waals surface area contributed by atoms with Crippen LogP contribution in [0.2, 0.25) is 0 Å². The normalized spacial score (nSPS) is 13.2. The summed E-state index contributed by atoms with van der Waals surface area (Å²) in [6.45, 7) is 0. The maximum Gasteiger partial charge on any atom is 0.244 e. The van der Waals surface area contributed by atoms with Gasteiger partial charge in [0.25, 0.3) is 0 Å². The summed E-state index contributed by atoms with van der Waals surface area (Å²) in [7, 11) is 1.61. The van der Waals surface area contributed by atoms with Gasteiger partial charge in [-0.1, -0.05) is 12.1 Å². The lowest BCUT2D eigenvalue weighted by Crippen LogP contribution is -2.19. The van der Waals surface area contributed by atoms with Crippen molar-refractivity contribution in [3.05, 3.63) is 52.2 Å². The van der Waals surface area contributed by atoms with Crippen LogP contribution >= 0.6 is 11.3 Å². The van der Waals surface area contributed by atoms with E-state index in [1.807, 2.05) is 35.7 Å². The zero-order valence-corrected chi connectivity index (χ0v) is 12.0. The van der Waals surface area contributed by atoms with Gasteiger partial charge in [0.05, 0.1) is 12.0 Å². The Morgan fingerprint density at radius 1 is 0.952 bits per heavy atom. The van der Waals surface area contributed by atoms with Crippen LogP contribution in [0.5, 0.6) is 5.75 Å². The van der Waals surface area contributed by atoms with Crippen molar-refractivity contribution in [3.8, 4) is 16.9 Å². The molecule has 0 amide bonds. The first-order valence-electron chi connectivity index (χ1n) is 6.48. The highest BCUT2D eigenvalue weighted by molar-refractivity contribution is 7.14. The van der Waals surface area contributed by atoms with Crippen LogP contribution in [-0.4, -0.2) is 18.7 Å². The van der Waals surface area contributed by atoms with Crippen molar-refractivity contribution in [3.63, 3.8) is 0 Å². The minimum Gasteiger partial charge on any atom is -0.497 e. The molecule has 0 fully saturated rings. The van der Waals surface area contributed by atoms with Gasteiger partial charge in [-0.25, -0.2) is 0 Å². The van der Waals surface area contributed by atoms with E-state index >= 15 is 0 Å². The number of hydrogen-bond acceptors (Lipinski definition) is 4. The number of rotatable bonds is 1. The van der Waals surface area contributed by atoms with Crippen molar-refractivity contribution in [2.45, 2.75) is 0 Å². The van der Waals surface area contributed by atoms with E-state index in [9.17, 15) is 9.59 Å². The lowest BCUT2D eigenvalue weighted by molar-refractivity contribution is 0.0818. The molecule has 1 aliphatic rings. The van der Waals surface area contributed by atoms with Crippen molar-refractivity contribution < 1.29 is 14.3 Å². The molecule has 0 saturated heterocycles. The Bertz CT molecular complexity index is 921. The first-order chi connectivity index (χ1) is 10.2. The topological polar surface area (TPSA) is 43.4 Å². The number of fused-ring (bicyclic) bond motifs is 5. The predicted octanol–water partition coefficient (Wildman–Crippen LogP) is 3.96. The third-order valence-corrected chi connectivity index (χ3v) is 4.73. The molecule has 0 bridgehead atoms. The zero-order valence-electron chi connectivity index (χ0n) is 11.2. The molecule has 3 nitrogen and oxygen atoms in total. The number of ether oxygens (including phenoxy) is 1. The standard InChI is InChI=1S/C17H10O3S/c1-20-10-4-2-9-3-5-11-14(13(9)8-10)12-6-7-21-17(12)16(19)15(11)18/h2-8H,1H3. The molecule has 1 heterocycles. The largest absolute Gasteiger partial charge is 0.497 e. The van der Waals surface area contributed by atoms with Crippen molar-refractivity contribution in [2.75, 3.05) is 7.11 Å². The van der Waals surface area contributed by atoms with E-state index in [2.05, 4.69) is 0 Å². The molecule has 1 aliphatic carbocycles. The number of carbonyl (C=O) groups excluding carboxylic acids is 2. The van der Waals surface area contributed by atoms with Crippen molar-refractivity contribution in [2.24, 2.45) is 0 Å². The molecule has 0 N–H and O–H groups in total. The van der Waals surface area contributed by atoms with Gasteiger partial charge in [-0.2, -0.15) is 0 Å². The number of ketones is 2. The number of hydrogen-bond donors (Lipinski definition) is 0. The summed E-state index contributed by atoms with van der Waals surface area (Å²) in [6.07, 6.45) is 0. The first-order valence-corrected chi connectivity index (χ1v) is 7.36. The summed E-state index contributed by atoms with van der Waals surface area (Å²) in [5.41, 5.74) is 2.16. The summed E-state index contributed by atoms with van der Waals surface area (Å²) in [5.74, 6) is -0.101. The molecule has 0 atom stereocenters. The summed E-state index contributed by atoms with van der Waals surface area (Å²) < 4.78 is 5.28. The highest BCUT2D eigenvalue weighted by Crippen LogP contribution is 2.41. The zero-order chi connectivity index (χ0) is 14.6. The minimum atomic E-state index is -0.426. The second kappa shape index (κ2) is 4.27. The van der Waals surface area contributed by atoms with Crippen LogP contribution in [0.25, 0.3) is 21.9 Å². The van der Waals surface area contributed by atoms with Crippen LogP contribution in [-0.2, 0) is 0 Å². The molecule has 3 aromatic rings. The Balaban J connectivity index is 2.17. The average molecular weight is 294 g/mol. The van der Waals surface area contributed by atoms with E-state index in [0.29, 0.717) is 10.4 Å². The number of methoxy groups -OCH3 is 1. The van der Waals surface area contributed by atoms with Gasteiger partial charge in [-0.05, 0) is 40.4 Å². The van der Waals surface area contributed by atoms with Crippen LogP contribution in [0.3, 0.4) is 0 Å². The van der Waals surface area contributed by atoms with Crippen molar-refractivity contribution in [1.82, 2.24) is 0 Å². The molecule has 0 saturated carbocycles. The van der Waals surface area contributed by atoms with Crippen LogP contribution < -0.4 is 4.74 Å². The van der Waals surface area contributed by atoms with Gasteiger partial charge in [0.1, 0.15) is 5.75 Å². The van der Waals surface area contributed by atoms with E-state index in [1.54, 1.807) is 13.2 Å². The fourth-order valence-electron chi connectivity index (χ4n) is 2.81. The molecular formula is C17H10O3S. The Hall–Kier alpha value is -2.46. The number of carbonyl (C=O) groups is 2. The number of thiophene rings is 1. The highest BCUT2D eigenvalue weighted by Gasteiger charge is 2.32. The summed E-state index contributed by atoms with van der Waals surface area (Å²) in [4.78, 5) is 25.0. The van der Waals surface area contributed by atoms with Gasteiger partial charge >= 0.3 is 0 Å². The Morgan fingerprint density at radius 3 is 2.57 bits per heavy atom. The maximum atomic E-state index is 12.3. The summed E-state index contributed by atoms with van der Waals surface area (Å²) >= 11 is 1.32. The van der Waals surface area contributed by atoms with Gasteiger partial charge in [0, 0.05) is 16.7 Å². The summed E-state index contributed by atoms with van der Waals surface area (Å²) in [6, 6.07) is 11.3. The van der Waals surface area contributed by atoms with Crippen LogP contribution in [0.1, 0.15) is 20.0 Å². The molecule has 4 rings (SSSR count). The van der Waals surface area contributed by atoms with E-state index in [1.165, 1.54) is 11.3 Å². The van der Waals surface area contributed by atoms with Gasteiger partial charge in [-0.15, -0.1) is 11.3 Å². The van der Waals surface area contributed by atoms with Crippen LogP contribution in [0, 0.1) is 0 Å². The molecule has 4 heteroatoms. The lowest BCUT2D eigenvalue weighted by atomic mass is 9.85. The van der Waals surface area contributed by atoms with Gasteiger partial charge in [-0.3, -0.25) is 9.59 Å². The average Bonchev–Trinajstić information content (AvgIpc) is 3.00. The monoisotopic (exact) mass is 294 g/mol. The fraction of sp³-hybridized carbons (Fsp3) is 0.0588. The molecule has 21 heavy (non-hydrogen) atoms. The second-order valence-electron chi connectivity index (χ2n) is 4.90. The molecule has 0 aliphatic heterocycles. The summed E-state index contributed by atoms with van der Waals surface area (Å²) in [5, 5.41) is 3.81. The van der Waals surface area contributed by atoms with Gasteiger partial charge in [0.15, 0.2) is 0 Å². The first kappa shape index (κ1) is 12.3. The quantitative estimate of drug-likeness (QED) is 0.638. The third-order valence-electron chi connectivity index (χ3n) is 3.82. The predicted molar refractivity (Wildman–Crippen MR) is 82.5 cm³/mol. The maximum absolute atomic E-state index is 12.3. The Kier molecular flexibility index (Phi) is 2.50. The van der Waals surface area contributed by atoms with Crippen molar-refractivity contribution >= 4 is 33.7 Å². The Morgan fingerprint density at radius 2 is 1.76 bits per heavy atom. The van der Waals surface area contributed by atoms with Crippen molar-refractivity contribution in [1.29, 1.82) is 0 Å². The number of Topliss-reactive ketones (excluding diaryl/α,β-unsaturated/α-hetero) is 2. The minimum absolute atomic E-state index is 0.408. The Labute approximate surface area is 124 Å². The highest BCUT2D eigenvalue weighted by atomic mass is 32.1. The third kappa shape index (κ3) is 1.59. The molecule has 0 radical (unpaired) electrons. The molecule has 2 aromatic carbocycles.